The lowest BCUT2D eigenvalue weighted by Crippen LogP contribution is -2.09. The SMILES string of the molecule is CCOC(=O)c1cc2c(Cl)ncnc2n1C. The van der Waals surface area contributed by atoms with E-state index in [4.69, 9.17) is 16.3 Å². The molecule has 16 heavy (non-hydrogen) atoms. The molecule has 0 aliphatic rings. The van der Waals surface area contributed by atoms with Gasteiger partial charge in [-0.05, 0) is 13.0 Å². The van der Waals surface area contributed by atoms with E-state index >= 15 is 0 Å². The first-order valence-electron chi connectivity index (χ1n) is 4.78. The molecule has 0 spiro atoms. The fourth-order valence-corrected chi connectivity index (χ4v) is 1.69. The maximum absolute atomic E-state index is 11.6. The minimum Gasteiger partial charge on any atom is -0.461 e. The molecule has 0 saturated heterocycles. The molecule has 0 aliphatic carbocycles. The normalized spacial score (nSPS) is 10.7. The molecule has 2 aromatic rings. The Bertz CT molecular complexity index is 550. The molecule has 0 fully saturated rings. The molecule has 0 unspecified atom stereocenters. The number of hydrogen-bond acceptors (Lipinski definition) is 4. The van der Waals surface area contributed by atoms with Crippen LogP contribution in [0.3, 0.4) is 0 Å². The number of nitrogens with zero attached hydrogens (tertiary/aromatic N) is 3. The van der Waals surface area contributed by atoms with Crippen molar-refractivity contribution in [3.63, 3.8) is 0 Å². The van der Waals surface area contributed by atoms with E-state index < -0.39 is 0 Å². The van der Waals surface area contributed by atoms with Gasteiger partial charge in [-0.2, -0.15) is 0 Å². The maximum Gasteiger partial charge on any atom is 0.355 e. The summed E-state index contributed by atoms with van der Waals surface area (Å²) in [5.41, 5.74) is 1.03. The third-order valence-electron chi connectivity index (χ3n) is 2.26. The summed E-state index contributed by atoms with van der Waals surface area (Å²) in [5.74, 6) is -0.390. The van der Waals surface area contributed by atoms with E-state index in [1.807, 2.05) is 0 Å². The van der Waals surface area contributed by atoms with Gasteiger partial charge in [-0.3, -0.25) is 0 Å². The summed E-state index contributed by atoms with van der Waals surface area (Å²) < 4.78 is 6.57. The molecular formula is C10H10ClN3O2. The second-order valence-corrected chi connectivity index (χ2v) is 3.57. The first kappa shape index (κ1) is 10.9. The average molecular weight is 240 g/mol. The molecule has 2 rings (SSSR count). The lowest BCUT2D eigenvalue weighted by atomic mass is 10.3. The second-order valence-electron chi connectivity index (χ2n) is 3.21. The lowest BCUT2D eigenvalue weighted by molar-refractivity contribution is 0.0516. The van der Waals surface area contributed by atoms with Gasteiger partial charge in [0.25, 0.3) is 0 Å². The van der Waals surface area contributed by atoms with Crippen molar-refractivity contribution < 1.29 is 9.53 Å². The van der Waals surface area contributed by atoms with Gasteiger partial charge in [-0.1, -0.05) is 11.6 Å². The van der Waals surface area contributed by atoms with Gasteiger partial charge in [0, 0.05) is 7.05 Å². The monoisotopic (exact) mass is 239 g/mol. The predicted octanol–water partition coefficient (Wildman–Crippen LogP) is 1.80. The lowest BCUT2D eigenvalue weighted by Gasteiger charge is -2.02. The van der Waals surface area contributed by atoms with E-state index in [2.05, 4.69) is 9.97 Å². The first-order chi connectivity index (χ1) is 7.65. The summed E-state index contributed by atoms with van der Waals surface area (Å²) in [6.07, 6.45) is 1.36. The molecule has 0 aromatic carbocycles. The molecule has 0 saturated carbocycles. The number of carbonyl (C=O) groups excluding carboxylic acids is 1. The third-order valence-corrected chi connectivity index (χ3v) is 2.56. The van der Waals surface area contributed by atoms with Gasteiger partial charge in [0.1, 0.15) is 22.8 Å². The molecule has 0 atom stereocenters. The van der Waals surface area contributed by atoms with Crippen LogP contribution in [0.25, 0.3) is 11.0 Å². The van der Waals surface area contributed by atoms with Crippen LogP contribution in [0.4, 0.5) is 0 Å². The summed E-state index contributed by atoms with van der Waals surface area (Å²) in [6, 6.07) is 1.63. The number of fused-ring (bicyclic) bond motifs is 1. The Morgan fingerprint density at radius 1 is 1.56 bits per heavy atom. The van der Waals surface area contributed by atoms with Crippen molar-refractivity contribution in [3.05, 3.63) is 23.2 Å². The molecule has 6 heteroatoms. The van der Waals surface area contributed by atoms with Crippen molar-refractivity contribution in [1.82, 2.24) is 14.5 Å². The number of ether oxygens (including phenoxy) is 1. The van der Waals surface area contributed by atoms with Crippen LogP contribution in [0.5, 0.6) is 0 Å². The van der Waals surface area contributed by atoms with Crippen LogP contribution in [-0.4, -0.2) is 27.1 Å². The maximum atomic E-state index is 11.6. The van der Waals surface area contributed by atoms with Crippen LogP contribution in [0.2, 0.25) is 5.15 Å². The van der Waals surface area contributed by atoms with Crippen LogP contribution >= 0.6 is 11.6 Å². The van der Waals surface area contributed by atoms with Crippen molar-refractivity contribution in [3.8, 4) is 0 Å². The number of carbonyl (C=O) groups is 1. The number of rotatable bonds is 2. The highest BCUT2D eigenvalue weighted by molar-refractivity contribution is 6.34. The molecule has 2 heterocycles. The minimum absolute atomic E-state index is 0.330. The summed E-state index contributed by atoms with van der Waals surface area (Å²) in [5, 5.41) is 0.978. The standard InChI is InChI=1S/C10H10ClN3O2/c1-3-16-10(15)7-4-6-8(11)12-5-13-9(6)14(7)2/h4-5H,3H2,1-2H3. The van der Waals surface area contributed by atoms with E-state index in [0.717, 1.165) is 0 Å². The fourth-order valence-electron chi connectivity index (χ4n) is 1.51. The van der Waals surface area contributed by atoms with Crippen LogP contribution in [-0.2, 0) is 11.8 Å². The van der Waals surface area contributed by atoms with Crippen LogP contribution in [0, 0.1) is 0 Å². The molecule has 0 radical (unpaired) electrons. The first-order valence-corrected chi connectivity index (χ1v) is 5.16. The molecule has 0 amide bonds. The van der Waals surface area contributed by atoms with Gasteiger partial charge in [0.2, 0.25) is 0 Å². The van der Waals surface area contributed by atoms with Gasteiger partial charge in [-0.25, -0.2) is 14.8 Å². The van der Waals surface area contributed by atoms with E-state index in [1.165, 1.54) is 6.33 Å². The Labute approximate surface area is 97.0 Å². The van der Waals surface area contributed by atoms with Crippen LogP contribution in [0.1, 0.15) is 17.4 Å². The van der Waals surface area contributed by atoms with Crippen molar-refractivity contribution in [2.45, 2.75) is 6.92 Å². The quantitative estimate of drug-likeness (QED) is 0.592. The van der Waals surface area contributed by atoms with Crippen molar-refractivity contribution in [2.75, 3.05) is 6.61 Å². The predicted molar refractivity (Wildman–Crippen MR) is 59.5 cm³/mol. The Kier molecular flexibility index (Phi) is 2.78. The van der Waals surface area contributed by atoms with E-state index in [-0.39, 0.29) is 5.97 Å². The largest absolute Gasteiger partial charge is 0.461 e. The smallest absolute Gasteiger partial charge is 0.355 e. The van der Waals surface area contributed by atoms with Gasteiger partial charge in [-0.15, -0.1) is 0 Å². The van der Waals surface area contributed by atoms with Gasteiger partial charge in [0.05, 0.1) is 12.0 Å². The zero-order valence-electron chi connectivity index (χ0n) is 8.90. The molecule has 84 valence electrons. The Morgan fingerprint density at radius 2 is 2.31 bits per heavy atom. The minimum atomic E-state index is -0.390. The molecule has 0 bridgehead atoms. The Hall–Kier alpha value is -1.62. The summed E-state index contributed by atoms with van der Waals surface area (Å²) in [6.45, 7) is 2.09. The van der Waals surface area contributed by atoms with Crippen LogP contribution < -0.4 is 0 Å². The fraction of sp³-hybridized carbons (Fsp3) is 0.300. The topological polar surface area (TPSA) is 57.0 Å². The van der Waals surface area contributed by atoms with Crippen LogP contribution in [0.15, 0.2) is 12.4 Å². The van der Waals surface area contributed by atoms with Gasteiger partial charge < -0.3 is 9.30 Å². The Balaban J connectivity index is 2.60. The van der Waals surface area contributed by atoms with Gasteiger partial charge in [0.15, 0.2) is 0 Å². The highest BCUT2D eigenvalue weighted by atomic mass is 35.5. The Morgan fingerprint density at radius 3 is 2.94 bits per heavy atom. The van der Waals surface area contributed by atoms with Crippen molar-refractivity contribution >= 4 is 28.6 Å². The second kappa shape index (κ2) is 4.09. The van der Waals surface area contributed by atoms with Crippen molar-refractivity contribution in [1.29, 1.82) is 0 Å². The number of esters is 1. The zero-order valence-corrected chi connectivity index (χ0v) is 9.65. The zero-order chi connectivity index (χ0) is 11.7. The molecule has 5 nitrogen and oxygen atoms in total. The molecule has 2 aromatic heterocycles. The summed E-state index contributed by atoms with van der Waals surface area (Å²) in [7, 11) is 1.73. The third kappa shape index (κ3) is 1.63. The number of aromatic nitrogens is 3. The molecular weight excluding hydrogens is 230 g/mol. The number of hydrogen-bond donors (Lipinski definition) is 0. The van der Waals surface area contributed by atoms with Gasteiger partial charge >= 0.3 is 5.97 Å². The summed E-state index contributed by atoms with van der Waals surface area (Å²) >= 11 is 5.91. The highest BCUT2D eigenvalue weighted by Crippen LogP contribution is 2.22. The highest BCUT2D eigenvalue weighted by Gasteiger charge is 2.16. The van der Waals surface area contributed by atoms with E-state index in [1.54, 1.807) is 24.6 Å². The average Bonchev–Trinajstić information content (AvgIpc) is 2.59. The van der Waals surface area contributed by atoms with Crippen molar-refractivity contribution in [2.24, 2.45) is 7.05 Å². The number of halogens is 1. The van der Waals surface area contributed by atoms with E-state index in [9.17, 15) is 4.79 Å². The van der Waals surface area contributed by atoms with E-state index in [0.29, 0.717) is 28.5 Å². The molecule has 0 N–H and O–H groups in total. The summed E-state index contributed by atoms with van der Waals surface area (Å²) in [4.78, 5) is 19.5. The number of aryl methyl sites for hydroxylation is 1. The molecule has 0 aliphatic heterocycles.